The van der Waals surface area contributed by atoms with E-state index in [4.69, 9.17) is 9.15 Å². The average molecular weight is 375 g/mol. The van der Waals surface area contributed by atoms with E-state index in [0.29, 0.717) is 5.82 Å². The molecule has 0 radical (unpaired) electrons. The number of furan rings is 1. The maximum Gasteiger partial charge on any atom is 0.240 e. The average Bonchev–Trinajstić information content (AvgIpc) is 3.36. The third-order valence-corrected chi connectivity index (χ3v) is 4.49. The molecule has 0 saturated heterocycles. The first-order chi connectivity index (χ1) is 13.7. The molecule has 1 unspecified atom stereocenters. The van der Waals surface area contributed by atoms with Crippen molar-refractivity contribution in [2.45, 2.75) is 26.1 Å². The van der Waals surface area contributed by atoms with E-state index in [9.17, 15) is 4.79 Å². The van der Waals surface area contributed by atoms with Crippen molar-refractivity contribution >= 4 is 16.9 Å². The van der Waals surface area contributed by atoms with Gasteiger partial charge < -0.3 is 19.0 Å². The fourth-order valence-electron chi connectivity index (χ4n) is 3.12. The van der Waals surface area contributed by atoms with Gasteiger partial charge in [0.05, 0.1) is 23.3 Å². The van der Waals surface area contributed by atoms with Gasteiger partial charge in [0, 0.05) is 0 Å². The standard InChI is InChI=1S/C22H21N3O3/c1-16(20-12-7-13-27-20)23-22(26)14-25-19-11-6-5-10-18(19)24-21(25)15-28-17-8-3-2-4-9-17/h2-13,16H,14-15H2,1H3,(H,23,26). The van der Waals surface area contributed by atoms with Crippen LogP contribution in [-0.2, 0) is 17.9 Å². The van der Waals surface area contributed by atoms with Gasteiger partial charge in [-0.2, -0.15) is 0 Å². The number of fused-ring (bicyclic) bond motifs is 1. The van der Waals surface area contributed by atoms with E-state index in [1.54, 1.807) is 12.3 Å². The monoisotopic (exact) mass is 375 g/mol. The van der Waals surface area contributed by atoms with Gasteiger partial charge in [-0.3, -0.25) is 4.79 Å². The van der Waals surface area contributed by atoms with Gasteiger partial charge in [-0.1, -0.05) is 30.3 Å². The van der Waals surface area contributed by atoms with Crippen LogP contribution in [0, 0.1) is 0 Å². The van der Waals surface area contributed by atoms with Gasteiger partial charge in [0.1, 0.15) is 30.5 Å². The van der Waals surface area contributed by atoms with Crippen molar-refractivity contribution in [3.8, 4) is 5.75 Å². The predicted molar refractivity (Wildman–Crippen MR) is 106 cm³/mol. The Labute approximate surface area is 162 Å². The van der Waals surface area contributed by atoms with E-state index in [1.165, 1.54) is 0 Å². The molecule has 6 nitrogen and oxygen atoms in total. The number of amides is 1. The molecular formula is C22H21N3O3. The Balaban J connectivity index is 1.53. The van der Waals surface area contributed by atoms with Gasteiger partial charge in [0.25, 0.3) is 0 Å². The topological polar surface area (TPSA) is 69.3 Å². The number of aromatic nitrogens is 2. The minimum absolute atomic E-state index is 0.118. The molecular weight excluding hydrogens is 354 g/mol. The highest BCUT2D eigenvalue weighted by atomic mass is 16.5. The molecule has 1 N–H and O–H groups in total. The minimum atomic E-state index is -0.207. The summed E-state index contributed by atoms with van der Waals surface area (Å²) in [6.07, 6.45) is 1.60. The molecule has 0 aliphatic heterocycles. The molecule has 142 valence electrons. The largest absolute Gasteiger partial charge is 0.486 e. The van der Waals surface area contributed by atoms with Gasteiger partial charge >= 0.3 is 0 Å². The Morgan fingerprint density at radius 2 is 1.89 bits per heavy atom. The number of imidazole rings is 1. The van der Waals surface area contributed by atoms with Crippen LogP contribution in [0.3, 0.4) is 0 Å². The van der Waals surface area contributed by atoms with Crippen molar-refractivity contribution in [3.05, 3.63) is 84.6 Å². The van der Waals surface area contributed by atoms with Gasteiger partial charge in [-0.15, -0.1) is 0 Å². The number of hydrogen-bond acceptors (Lipinski definition) is 4. The highest BCUT2D eigenvalue weighted by Gasteiger charge is 2.17. The van der Waals surface area contributed by atoms with Crippen molar-refractivity contribution in [3.63, 3.8) is 0 Å². The van der Waals surface area contributed by atoms with Crippen molar-refractivity contribution in [2.75, 3.05) is 0 Å². The van der Waals surface area contributed by atoms with E-state index < -0.39 is 0 Å². The first-order valence-corrected chi connectivity index (χ1v) is 9.15. The van der Waals surface area contributed by atoms with Crippen LogP contribution in [0.4, 0.5) is 0 Å². The number of ether oxygens (including phenoxy) is 1. The molecule has 4 rings (SSSR count). The van der Waals surface area contributed by atoms with E-state index in [-0.39, 0.29) is 25.1 Å². The zero-order valence-corrected chi connectivity index (χ0v) is 15.5. The van der Waals surface area contributed by atoms with Crippen LogP contribution < -0.4 is 10.1 Å². The lowest BCUT2D eigenvalue weighted by atomic mass is 10.2. The minimum Gasteiger partial charge on any atom is -0.486 e. The molecule has 1 amide bonds. The Hall–Kier alpha value is -3.54. The van der Waals surface area contributed by atoms with Crippen LogP contribution in [0.5, 0.6) is 5.75 Å². The van der Waals surface area contributed by atoms with Gasteiger partial charge in [0.15, 0.2) is 0 Å². The van der Waals surface area contributed by atoms with Gasteiger partial charge in [-0.05, 0) is 43.3 Å². The second-order valence-corrected chi connectivity index (χ2v) is 6.51. The molecule has 0 fully saturated rings. The molecule has 0 saturated carbocycles. The summed E-state index contributed by atoms with van der Waals surface area (Å²) in [5, 5.41) is 2.96. The second-order valence-electron chi connectivity index (χ2n) is 6.51. The molecule has 0 aliphatic rings. The number of rotatable bonds is 7. The summed E-state index contributed by atoms with van der Waals surface area (Å²) < 4.78 is 13.1. The van der Waals surface area contributed by atoms with Gasteiger partial charge in [0.2, 0.25) is 5.91 Å². The number of para-hydroxylation sites is 3. The van der Waals surface area contributed by atoms with Gasteiger partial charge in [-0.25, -0.2) is 4.98 Å². The quantitative estimate of drug-likeness (QED) is 0.528. The van der Waals surface area contributed by atoms with E-state index in [2.05, 4.69) is 10.3 Å². The fourth-order valence-corrected chi connectivity index (χ4v) is 3.12. The molecule has 28 heavy (non-hydrogen) atoms. The van der Waals surface area contributed by atoms with Crippen LogP contribution in [0.25, 0.3) is 11.0 Å². The molecule has 0 spiro atoms. The Kier molecular flexibility index (Phi) is 5.10. The van der Waals surface area contributed by atoms with Crippen LogP contribution in [0.2, 0.25) is 0 Å². The number of nitrogens with one attached hydrogen (secondary N) is 1. The number of hydrogen-bond donors (Lipinski definition) is 1. The van der Waals surface area contributed by atoms with Crippen LogP contribution in [-0.4, -0.2) is 15.5 Å². The van der Waals surface area contributed by atoms with Crippen molar-refractivity contribution < 1.29 is 13.9 Å². The smallest absolute Gasteiger partial charge is 0.240 e. The van der Waals surface area contributed by atoms with Crippen LogP contribution in [0.15, 0.2) is 77.4 Å². The maximum absolute atomic E-state index is 12.6. The summed E-state index contributed by atoms with van der Waals surface area (Å²) in [7, 11) is 0. The number of carbonyl (C=O) groups is 1. The summed E-state index contributed by atoms with van der Waals surface area (Å²) in [6.45, 7) is 2.32. The molecule has 1 atom stereocenters. The predicted octanol–water partition coefficient (Wildman–Crippen LogP) is 4.09. The zero-order chi connectivity index (χ0) is 19.3. The van der Waals surface area contributed by atoms with Crippen molar-refractivity contribution in [1.82, 2.24) is 14.9 Å². The van der Waals surface area contributed by atoms with E-state index in [0.717, 1.165) is 22.5 Å². The second kappa shape index (κ2) is 8.00. The zero-order valence-electron chi connectivity index (χ0n) is 15.5. The lowest BCUT2D eigenvalue weighted by Gasteiger charge is -2.14. The normalized spacial score (nSPS) is 12.0. The molecule has 0 bridgehead atoms. The number of carbonyl (C=O) groups excluding carboxylic acids is 1. The highest BCUT2D eigenvalue weighted by Crippen LogP contribution is 2.19. The third kappa shape index (κ3) is 3.91. The number of nitrogens with zero attached hydrogens (tertiary/aromatic N) is 2. The summed E-state index contributed by atoms with van der Waals surface area (Å²) in [5.74, 6) is 2.06. The lowest BCUT2D eigenvalue weighted by molar-refractivity contribution is -0.122. The van der Waals surface area contributed by atoms with Crippen LogP contribution in [0.1, 0.15) is 24.6 Å². The summed E-state index contributed by atoms with van der Waals surface area (Å²) in [6, 6.07) is 20.8. The lowest BCUT2D eigenvalue weighted by Crippen LogP contribution is -2.30. The van der Waals surface area contributed by atoms with Crippen molar-refractivity contribution in [1.29, 1.82) is 0 Å². The van der Waals surface area contributed by atoms with E-state index in [1.807, 2.05) is 72.2 Å². The molecule has 2 aromatic carbocycles. The molecule has 0 aliphatic carbocycles. The van der Waals surface area contributed by atoms with E-state index >= 15 is 0 Å². The molecule has 6 heteroatoms. The van der Waals surface area contributed by atoms with Crippen LogP contribution >= 0.6 is 0 Å². The molecule has 2 aromatic heterocycles. The fraction of sp³-hybridized carbons (Fsp3) is 0.182. The Morgan fingerprint density at radius 1 is 1.11 bits per heavy atom. The summed E-state index contributed by atoms with van der Waals surface area (Å²) in [4.78, 5) is 17.3. The Morgan fingerprint density at radius 3 is 2.68 bits per heavy atom. The summed E-state index contributed by atoms with van der Waals surface area (Å²) in [5.41, 5.74) is 1.73. The third-order valence-electron chi connectivity index (χ3n) is 4.49. The van der Waals surface area contributed by atoms with Crippen molar-refractivity contribution in [2.24, 2.45) is 0 Å². The number of benzene rings is 2. The first-order valence-electron chi connectivity index (χ1n) is 9.15. The summed E-state index contributed by atoms with van der Waals surface area (Å²) >= 11 is 0. The molecule has 2 heterocycles. The molecule has 4 aromatic rings. The SMILES string of the molecule is CC(NC(=O)Cn1c(COc2ccccc2)nc2ccccc21)c1ccco1. The maximum atomic E-state index is 12.6. The highest BCUT2D eigenvalue weighted by molar-refractivity contribution is 5.81. The first kappa shape index (κ1) is 17.9. The Bertz CT molecular complexity index is 1060.